The molecule has 0 aliphatic heterocycles. The SMILES string of the molecule is CSC(=N)C(=O)N=c1ccccn1Cc1ccc(Cl)nc1. The number of carbonyl (C=O) groups is 1. The van der Waals surface area contributed by atoms with E-state index in [9.17, 15) is 4.79 Å². The summed E-state index contributed by atoms with van der Waals surface area (Å²) < 4.78 is 1.82. The van der Waals surface area contributed by atoms with Crippen molar-refractivity contribution in [3.8, 4) is 0 Å². The summed E-state index contributed by atoms with van der Waals surface area (Å²) >= 11 is 6.83. The summed E-state index contributed by atoms with van der Waals surface area (Å²) in [5.41, 5.74) is 1.44. The Morgan fingerprint density at radius 1 is 1.43 bits per heavy atom. The number of pyridine rings is 2. The van der Waals surface area contributed by atoms with E-state index in [1.165, 1.54) is 0 Å². The summed E-state index contributed by atoms with van der Waals surface area (Å²) in [4.78, 5) is 19.7. The van der Waals surface area contributed by atoms with Crippen LogP contribution in [0.1, 0.15) is 5.56 Å². The molecular weight excluding hydrogens is 308 g/mol. The Kier molecular flexibility index (Phi) is 5.30. The molecule has 108 valence electrons. The zero-order chi connectivity index (χ0) is 15.2. The number of amides is 1. The van der Waals surface area contributed by atoms with Crippen LogP contribution < -0.4 is 5.49 Å². The maximum absolute atomic E-state index is 11.7. The number of halogens is 1. The molecule has 0 spiro atoms. The molecule has 0 aliphatic rings. The fourth-order valence-corrected chi connectivity index (χ4v) is 1.97. The first-order valence-electron chi connectivity index (χ1n) is 6.07. The number of nitrogens with zero attached hydrogens (tertiary/aromatic N) is 3. The number of aromatic nitrogens is 2. The molecule has 21 heavy (non-hydrogen) atoms. The lowest BCUT2D eigenvalue weighted by Crippen LogP contribution is -2.23. The van der Waals surface area contributed by atoms with Gasteiger partial charge in [-0.15, -0.1) is 11.8 Å². The van der Waals surface area contributed by atoms with E-state index in [-0.39, 0.29) is 5.04 Å². The lowest BCUT2D eigenvalue weighted by molar-refractivity contribution is -0.111. The summed E-state index contributed by atoms with van der Waals surface area (Å²) in [6.45, 7) is 0.518. The first-order chi connectivity index (χ1) is 10.1. The quantitative estimate of drug-likeness (QED) is 0.524. The van der Waals surface area contributed by atoms with Crippen LogP contribution in [0.25, 0.3) is 0 Å². The lowest BCUT2D eigenvalue weighted by Gasteiger charge is -2.07. The first-order valence-corrected chi connectivity index (χ1v) is 7.68. The van der Waals surface area contributed by atoms with Crippen molar-refractivity contribution < 1.29 is 4.79 Å². The fraction of sp³-hybridized carbons (Fsp3) is 0.143. The second-order valence-corrected chi connectivity index (χ2v) is 5.33. The average Bonchev–Trinajstić information content (AvgIpc) is 2.50. The highest BCUT2D eigenvalue weighted by molar-refractivity contribution is 8.15. The molecule has 0 radical (unpaired) electrons. The summed E-state index contributed by atoms with van der Waals surface area (Å²) in [7, 11) is 0. The minimum Gasteiger partial charge on any atom is -0.328 e. The largest absolute Gasteiger partial charge is 0.328 e. The highest BCUT2D eigenvalue weighted by Crippen LogP contribution is 2.06. The summed E-state index contributed by atoms with van der Waals surface area (Å²) in [6.07, 6.45) is 5.18. The van der Waals surface area contributed by atoms with Gasteiger partial charge >= 0.3 is 5.91 Å². The highest BCUT2D eigenvalue weighted by atomic mass is 35.5. The zero-order valence-corrected chi connectivity index (χ0v) is 12.9. The molecule has 2 aromatic rings. The second kappa shape index (κ2) is 7.19. The van der Waals surface area contributed by atoms with Gasteiger partial charge in [-0.3, -0.25) is 10.2 Å². The molecule has 0 aromatic carbocycles. The number of carbonyl (C=O) groups excluding carboxylic acids is 1. The van der Waals surface area contributed by atoms with E-state index in [0.717, 1.165) is 17.3 Å². The van der Waals surface area contributed by atoms with Gasteiger partial charge in [0.15, 0.2) is 5.04 Å². The van der Waals surface area contributed by atoms with Gasteiger partial charge in [0.05, 0.1) is 6.54 Å². The predicted molar refractivity (Wildman–Crippen MR) is 84.6 cm³/mol. The minimum absolute atomic E-state index is 0.0847. The van der Waals surface area contributed by atoms with E-state index in [1.807, 2.05) is 22.9 Å². The number of rotatable bonds is 2. The number of hydrogen-bond donors (Lipinski definition) is 1. The number of nitrogens with one attached hydrogen (secondary N) is 1. The van der Waals surface area contributed by atoms with Crippen LogP contribution in [0.2, 0.25) is 5.15 Å². The third kappa shape index (κ3) is 4.27. The monoisotopic (exact) mass is 320 g/mol. The Labute approximate surface area is 131 Å². The average molecular weight is 321 g/mol. The first kappa shape index (κ1) is 15.5. The molecule has 5 nitrogen and oxygen atoms in total. The molecule has 7 heteroatoms. The maximum atomic E-state index is 11.7. The van der Waals surface area contributed by atoms with Crippen LogP contribution >= 0.6 is 23.4 Å². The Hall–Kier alpha value is -1.92. The maximum Gasteiger partial charge on any atom is 0.303 e. The van der Waals surface area contributed by atoms with Crippen LogP contribution in [0, 0.1) is 5.41 Å². The minimum atomic E-state index is -0.545. The zero-order valence-electron chi connectivity index (χ0n) is 11.3. The normalized spacial score (nSPS) is 11.4. The molecule has 0 atom stereocenters. The van der Waals surface area contributed by atoms with Crippen molar-refractivity contribution in [2.45, 2.75) is 6.54 Å². The molecule has 2 rings (SSSR count). The van der Waals surface area contributed by atoms with Gasteiger partial charge < -0.3 is 4.57 Å². The van der Waals surface area contributed by atoms with Crippen molar-refractivity contribution in [3.05, 3.63) is 58.9 Å². The molecule has 0 saturated heterocycles. The van der Waals surface area contributed by atoms with E-state index in [4.69, 9.17) is 17.0 Å². The predicted octanol–water partition coefficient (Wildman–Crippen LogP) is 2.35. The van der Waals surface area contributed by atoms with Crippen molar-refractivity contribution in [2.75, 3.05) is 6.26 Å². The highest BCUT2D eigenvalue weighted by Gasteiger charge is 2.06. The topological polar surface area (TPSA) is 71.1 Å². The third-order valence-corrected chi connectivity index (χ3v) is 3.48. The van der Waals surface area contributed by atoms with Crippen LogP contribution in [0.15, 0.2) is 47.7 Å². The van der Waals surface area contributed by atoms with E-state index in [2.05, 4.69) is 9.98 Å². The van der Waals surface area contributed by atoms with E-state index in [1.54, 1.807) is 30.7 Å². The molecular formula is C14H13ClN4OS. The van der Waals surface area contributed by atoms with Crippen molar-refractivity contribution in [3.63, 3.8) is 0 Å². The summed E-state index contributed by atoms with van der Waals surface area (Å²) in [6, 6.07) is 8.96. The molecule has 1 N–H and O–H groups in total. The molecule has 0 unspecified atom stereocenters. The van der Waals surface area contributed by atoms with Crippen LogP contribution in [-0.4, -0.2) is 26.8 Å². The van der Waals surface area contributed by atoms with Gasteiger partial charge in [-0.1, -0.05) is 23.7 Å². The van der Waals surface area contributed by atoms with Crippen molar-refractivity contribution in [2.24, 2.45) is 4.99 Å². The fourth-order valence-electron chi connectivity index (χ4n) is 1.64. The Balaban J connectivity index is 2.33. The summed E-state index contributed by atoms with van der Waals surface area (Å²) in [5.74, 6) is -0.545. The summed E-state index contributed by atoms with van der Waals surface area (Å²) in [5, 5.41) is 7.84. The Bertz CT molecular complexity index is 724. The molecule has 0 aliphatic carbocycles. The van der Waals surface area contributed by atoms with Gasteiger partial charge in [-0.05, 0) is 30.0 Å². The third-order valence-electron chi connectivity index (χ3n) is 2.67. The van der Waals surface area contributed by atoms with Crippen LogP contribution in [0.4, 0.5) is 0 Å². The van der Waals surface area contributed by atoms with Gasteiger partial charge in [0.1, 0.15) is 10.6 Å². The molecule has 2 aromatic heterocycles. The van der Waals surface area contributed by atoms with Gasteiger partial charge in [0.2, 0.25) is 0 Å². The van der Waals surface area contributed by atoms with E-state index < -0.39 is 5.91 Å². The molecule has 2 heterocycles. The Morgan fingerprint density at radius 2 is 2.24 bits per heavy atom. The Morgan fingerprint density at radius 3 is 2.90 bits per heavy atom. The number of hydrogen-bond acceptors (Lipinski definition) is 4. The van der Waals surface area contributed by atoms with Crippen LogP contribution in [0.5, 0.6) is 0 Å². The van der Waals surface area contributed by atoms with Gasteiger partial charge in [-0.25, -0.2) is 4.98 Å². The molecule has 0 saturated carbocycles. The van der Waals surface area contributed by atoms with Gasteiger partial charge in [0, 0.05) is 12.4 Å². The molecule has 0 fully saturated rings. The number of thioether (sulfide) groups is 1. The van der Waals surface area contributed by atoms with Crippen molar-refractivity contribution >= 4 is 34.3 Å². The second-order valence-electron chi connectivity index (χ2n) is 4.13. The smallest absolute Gasteiger partial charge is 0.303 e. The molecule has 1 amide bonds. The van der Waals surface area contributed by atoms with Crippen molar-refractivity contribution in [1.82, 2.24) is 9.55 Å². The van der Waals surface area contributed by atoms with Gasteiger partial charge in [-0.2, -0.15) is 4.99 Å². The standard InChI is InChI=1S/C14H13ClN4OS/c1-21-13(16)14(20)18-12-4-2-3-7-19(12)9-10-5-6-11(15)17-8-10/h2-8,16H,9H2,1H3. The van der Waals surface area contributed by atoms with Crippen molar-refractivity contribution in [1.29, 1.82) is 5.41 Å². The van der Waals surface area contributed by atoms with E-state index >= 15 is 0 Å². The van der Waals surface area contributed by atoms with E-state index in [0.29, 0.717) is 17.2 Å². The van der Waals surface area contributed by atoms with Gasteiger partial charge in [0.25, 0.3) is 0 Å². The lowest BCUT2D eigenvalue weighted by atomic mass is 10.3. The molecule has 0 bridgehead atoms. The van der Waals surface area contributed by atoms with Crippen LogP contribution in [0.3, 0.4) is 0 Å². The van der Waals surface area contributed by atoms with Crippen LogP contribution in [-0.2, 0) is 11.3 Å².